The number of benzene rings is 2. The highest BCUT2D eigenvalue weighted by molar-refractivity contribution is 5.96. The number of allylic oxidation sites excluding steroid dienone is 1. The molecular formula is C30H40N2O3. The van der Waals surface area contributed by atoms with Crippen molar-refractivity contribution in [1.29, 1.82) is 0 Å². The number of ether oxygens (including phenoxy) is 2. The standard InChI is InChI=1S/C30H40N2O3/c1-23(19-24-11-6-4-7-12-24)32(21-28-15-10-18-31(28)27-13-8-5-9-14-27)30(33)25-16-17-26(22-34-2)29(20-25)35-3/h4,6-7,11-12,16-17,19-20,27-28H,5,8-10,13-15,18,21-22H2,1-3H3/b23-19+. The summed E-state index contributed by atoms with van der Waals surface area (Å²) >= 11 is 0. The van der Waals surface area contributed by atoms with E-state index in [1.165, 1.54) is 38.5 Å². The quantitative estimate of drug-likeness (QED) is 0.436. The molecule has 0 N–H and O–H groups in total. The van der Waals surface area contributed by atoms with Gasteiger partial charge >= 0.3 is 0 Å². The number of nitrogens with zero attached hydrogens (tertiary/aromatic N) is 2. The number of hydrogen-bond donors (Lipinski definition) is 0. The number of likely N-dealkylation sites (tertiary alicyclic amines) is 1. The van der Waals surface area contributed by atoms with Gasteiger partial charge in [-0.1, -0.05) is 55.7 Å². The maximum atomic E-state index is 14.0. The van der Waals surface area contributed by atoms with Crippen molar-refractivity contribution in [1.82, 2.24) is 9.80 Å². The molecule has 1 saturated carbocycles. The predicted molar refractivity (Wildman–Crippen MR) is 141 cm³/mol. The van der Waals surface area contributed by atoms with Gasteiger partial charge in [-0.2, -0.15) is 0 Å². The van der Waals surface area contributed by atoms with E-state index < -0.39 is 0 Å². The molecule has 0 radical (unpaired) electrons. The van der Waals surface area contributed by atoms with Crippen LogP contribution in [0.5, 0.6) is 5.75 Å². The number of hydrogen-bond acceptors (Lipinski definition) is 4. The Labute approximate surface area is 210 Å². The van der Waals surface area contributed by atoms with Crippen LogP contribution < -0.4 is 4.74 Å². The fourth-order valence-electron chi connectivity index (χ4n) is 5.72. The Morgan fingerprint density at radius 3 is 2.51 bits per heavy atom. The first-order valence-electron chi connectivity index (χ1n) is 13.1. The molecule has 1 atom stereocenters. The number of rotatable bonds is 9. The topological polar surface area (TPSA) is 42.0 Å². The van der Waals surface area contributed by atoms with Gasteiger partial charge in [-0.05, 0) is 62.9 Å². The summed E-state index contributed by atoms with van der Waals surface area (Å²) < 4.78 is 10.9. The van der Waals surface area contributed by atoms with Crippen molar-refractivity contribution in [2.24, 2.45) is 0 Å². The van der Waals surface area contributed by atoms with Gasteiger partial charge in [0, 0.05) is 42.6 Å². The molecule has 2 aliphatic rings. The molecule has 2 aromatic carbocycles. The zero-order chi connectivity index (χ0) is 24.6. The van der Waals surface area contributed by atoms with Crippen molar-refractivity contribution in [3.8, 4) is 5.75 Å². The van der Waals surface area contributed by atoms with E-state index >= 15 is 0 Å². The van der Waals surface area contributed by atoms with Crippen LogP contribution in [0.25, 0.3) is 6.08 Å². The fraction of sp³-hybridized carbons (Fsp3) is 0.500. The van der Waals surface area contributed by atoms with Gasteiger partial charge in [0.1, 0.15) is 5.75 Å². The van der Waals surface area contributed by atoms with Crippen LogP contribution in [0.1, 0.15) is 73.4 Å². The molecule has 1 aliphatic heterocycles. The van der Waals surface area contributed by atoms with Crippen molar-refractivity contribution < 1.29 is 14.3 Å². The smallest absolute Gasteiger partial charge is 0.258 e. The highest BCUT2D eigenvalue weighted by Crippen LogP contribution is 2.31. The molecule has 188 valence electrons. The van der Waals surface area contributed by atoms with E-state index in [1.807, 2.05) is 41.3 Å². The van der Waals surface area contributed by atoms with Crippen LogP contribution in [0.15, 0.2) is 54.2 Å². The summed E-state index contributed by atoms with van der Waals surface area (Å²) in [4.78, 5) is 18.7. The summed E-state index contributed by atoms with van der Waals surface area (Å²) in [5.41, 5.74) is 3.65. The van der Waals surface area contributed by atoms with E-state index in [-0.39, 0.29) is 5.91 Å². The first-order chi connectivity index (χ1) is 17.1. The van der Waals surface area contributed by atoms with Crippen LogP contribution in [0.2, 0.25) is 0 Å². The predicted octanol–water partition coefficient (Wildman–Crippen LogP) is 6.14. The number of carbonyl (C=O) groups is 1. The van der Waals surface area contributed by atoms with Crippen molar-refractivity contribution in [3.05, 3.63) is 70.9 Å². The molecule has 35 heavy (non-hydrogen) atoms. The Hall–Kier alpha value is -2.63. The zero-order valence-corrected chi connectivity index (χ0v) is 21.5. The molecule has 1 amide bonds. The van der Waals surface area contributed by atoms with Gasteiger partial charge < -0.3 is 14.4 Å². The van der Waals surface area contributed by atoms with E-state index in [1.54, 1.807) is 14.2 Å². The van der Waals surface area contributed by atoms with E-state index in [0.717, 1.165) is 29.8 Å². The van der Waals surface area contributed by atoms with Crippen LogP contribution in [0.3, 0.4) is 0 Å². The van der Waals surface area contributed by atoms with Gasteiger partial charge in [0.2, 0.25) is 0 Å². The van der Waals surface area contributed by atoms with E-state index in [2.05, 4.69) is 30.0 Å². The van der Waals surface area contributed by atoms with Crippen LogP contribution >= 0.6 is 0 Å². The number of amides is 1. The average Bonchev–Trinajstić information content (AvgIpc) is 3.36. The van der Waals surface area contributed by atoms with Gasteiger partial charge in [-0.15, -0.1) is 0 Å². The Morgan fingerprint density at radius 1 is 1.03 bits per heavy atom. The molecule has 1 saturated heterocycles. The second kappa shape index (κ2) is 12.4. The maximum absolute atomic E-state index is 14.0. The molecule has 5 heteroatoms. The SMILES string of the molecule is COCc1ccc(C(=O)N(CC2CCCN2C2CCCCC2)/C(C)=C/c2ccccc2)cc1OC. The molecule has 2 fully saturated rings. The van der Waals surface area contributed by atoms with Crippen molar-refractivity contribution >= 4 is 12.0 Å². The first-order valence-corrected chi connectivity index (χ1v) is 13.1. The van der Waals surface area contributed by atoms with E-state index in [0.29, 0.717) is 36.5 Å². The second-order valence-corrected chi connectivity index (χ2v) is 9.90. The van der Waals surface area contributed by atoms with Gasteiger partial charge in [0.05, 0.1) is 13.7 Å². The molecule has 0 bridgehead atoms. The normalized spacial score (nSPS) is 19.6. The minimum absolute atomic E-state index is 0.0208. The Morgan fingerprint density at radius 2 is 1.80 bits per heavy atom. The Bertz CT molecular complexity index is 998. The van der Waals surface area contributed by atoms with Gasteiger partial charge in [-0.3, -0.25) is 9.69 Å². The fourth-order valence-corrected chi connectivity index (χ4v) is 5.72. The molecule has 0 spiro atoms. The molecule has 1 aliphatic carbocycles. The van der Waals surface area contributed by atoms with Crippen LogP contribution in [-0.4, -0.2) is 55.1 Å². The second-order valence-electron chi connectivity index (χ2n) is 9.90. The van der Waals surface area contributed by atoms with Crippen molar-refractivity contribution in [3.63, 3.8) is 0 Å². The highest BCUT2D eigenvalue weighted by atomic mass is 16.5. The molecule has 2 aromatic rings. The summed E-state index contributed by atoms with van der Waals surface area (Å²) in [6, 6.07) is 17.0. The average molecular weight is 477 g/mol. The number of methoxy groups -OCH3 is 2. The lowest BCUT2D eigenvalue weighted by atomic mass is 9.93. The lowest BCUT2D eigenvalue weighted by molar-refractivity contribution is 0.0721. The number of carbonyl (C=O) groups excluding carboxylic acids is 1. The third-order valence-corrected chi connectivity index (χ3v) is 7.54. The van der Waals surface area contributed by atoms with E-state index in [9.17, 15) is 4.79 Å². The van der Waals surface area contributed by atoms with Crippen LogP contribution in [0, 0.1) is 0 Å². The molecule has 1 unspecified atom stereocenters. The van der Waals surface area contributed by atoms with Gasteiger partial charge in [-0.25, -0.2) is 0 Å². The molecule has 1 heterocycles. The molecule has 5 nitrogen and oxygen atoms in total. The third-order valence-electron chi connectivity index (χ3n) is 7.54. The summed E-state index contributed by atoms with van der Waals surface area (Å²) in [6.45, 7) is 4.37. The Kier molecular flexibility index (Phi) is 9.00. The largest absolute Gasteiger partial charge is 0.496 e. The highest BCUT2D eigenvalue weighted by Gasteiger charge is 2.34. The summed E-state index contributed by atoms with van der Waals surface area (Å²) in [5, 5.41) is 0. The summed E-state index contributed by atoms with van der Waals surface area (Å²) in [6.07, 6.45) is 11.1. The minimum atomic E-state index is 0.0208. The van der Waals surface area contributed by atoms with Gasteiger partial charge in [0.15, 0.2) is 0 Å². The molecule has 4 rings (SSSR count). The van der Waals surface area contributed by atoms with Crippen LogP contribution in [-0.2, 0) is 11.3 Å². The lowest BCUT2D eigenvalue weighted by Gasteiger charge is -2.38. The van der Waals surface area contributed by atoms with Crippen molar-refractivity contribution in [2.45, 2.75) is 70.6 Å². The third kappa shape index (κ3) is 6.33. The maximum Gasteiger partial charge on any atom is 0.258 e. The molecule has 0 aromatic heterocycles. The van der Waals surface area contributed by atoms with Crippen molar-refractivity contribution in [2.75, 3.05) is 27.3 Å². The monoisotopic (exact) mass is 476 g/mol. The molecular weight excluding hydrogens is 436 g/mol. The first kappa shape index (κ1) is 25.5. The minimum Gasteiger partial charge on any atom is -0.496 e. The van der Waals surface area contributed by atoms with Gasteiger partial charge in [0.25, 0.3) is 5.91 Å². The summed E-state index contributed by atoms with van der Waals surface area (Å²) in [5.74, 6) is 0.708. The zero-order valence-electron chi connectivity index (χ0n) is 21.5. The lowest BCUT2D eigenvalue weighted by Crippen LogP contribution is -2.47. The van der Waals surface area contributed by atoms with E-state index in [4.69, 9.17) is 9.47 Å². The Balaban J connectivity index is 1.62. The summed E-state index contributed by atoms with van der Waals surface area (Å²) in [7, 11) is 3.30. The van der Waals surface area contributed by atoms with Crippen LogP contribution in [0.4, 0.5) is 0 Å².